The van der Waals surface area contributed by atoms with E-state index in [0.29, 0.717) is 6.54 Å². The van der Waals surface area contributed by atoms with Crippen molar-refractivity contribution in [1.29, 1.82) is 0 Å². The van der Waals surface area contributed by atoms with Gasteiger partial charge in [0.1, 0.15) is 0 Å². The van der Waals surface area contributed by atoms with Crippen molar-refractivity contribution in [2.24, 2.45) is 10.9 Å². The minimum absolute atomic E-state index is 0. The number of rotatable bonds is 4. The largest absolute Gasteiger partial charge is 3.00 e. The fraction of sp³-hybridized carbons (Fsp3) is 0.529. The van der Waals surface area contributed by atoms with Crippen molar-refractivity contribution in [2.75, 3.05) is 6.54 Å². The number of alkyl halides is 5. The predicted octanol–water partition coefficient (Wildman–Crippen LogP) is 5.05. The molecule has 2 aliphatic rings. The first-order valence-corrected chi connectivity index (χ1v) is 7.73. The molecule has 2 nitrogen and oxygen atoms in total. The van der Waals surface area contributed by atoms with E-state index in [0.717, 1.165) is 18.2 Å². The number of hydrogen-bond donors (Lipinski definition) is 1. The van der Waals surface area contributed by atoms with Crippen molar-refractivity contribution >= 4 is 12.0 Å². The molecule has 0 atom stereocenters. The third-order valence-electron chi connectivity index (χ3n) is 3.76. The van der Waals surface area contributed by atoms with Gasteiger partial charge in [-0.25, -0.2) is 20.5 Å². The van der Waals surface area contributed by atoms with Gasteiger partial charge >= 0.3 is 38.9 Å². The van der Waals surface area contributed by atoms with Gasteiger partial charge in [-0.2, -0.15) is 38.1 Å². The van der Waals surface area contributed by atoms with Gasteiger partial charge in [0.05, 0.1) is 0 Å². The van der Waals surface area contributed by atoms with Crippen LogP contribution in [0.25, 0.3) is 0 Å². The second-order valence-corrected chi connectivity index (χ2v) is 5.91. The zero-order chi connectivity index (χ0) is 17.6. The number of aliphatic imine (C=N–C) groups is 1. The SMILES string of the molecule is FC1(F)CC(CN[C-]=Nc2[c-]cc(C(F)(F)F)cc2)C1.[CH-]1CCC1.[Y+3]. The Balaban J connectivity index is 0.000000549. The summed E-state index contributed by atoms with van der Waals surface area (Å²) in [6.07, 6.45) is 4.18. The van der Waals surface area contributed by atoms with Crippen molar-refractivity contribution in [1.82, 2.24) is 5.32 Å². The first-order valence-electron chi connectivity index (χ1n) is 7.73. The van der Waals surface area contributed by atoms with Gasteiger partial charge in [0.15, 0.2) is 0 Å². The Morgan fingerprint density at radius 3 is 2.28 bits per heavy atom. The molecule has 0 saturated heterocycles. The topological polar surface area (TPSA) is 24.4 Å². The molecule has 0 radical (unpaired) electrons. The van der Waals surface area contributed by atoms with Crippen molar-refractivity contribution in [2.45, 2.75) is 44.2 Å². The summed E-state index contributed by atoms with van der Waals surface area (Å²) in [6.45, 7) is 0.319. The maximum Gasteiger partial charge on any atom is 3.00 e. The second-order valence-electron chi connectivity index (χ2n) is 5.91. The Morgan fingerprint density at radius 1 is 1.28 bits per heavy atom. The summed E-state index contributed by atoms with van der Waals surface area (Å²) in [7, 11) is 0. The summed E-state index contributed by atoms with van der Waals surface area (Å²) in [5.74, 6) is -2.69. The maximum atomic E-state index is 12.5. The molecule has 25 heavy (non-hydrogen) atoms. The van der Waals surface area contributed by atoms with E-state index >= 15 is 0 Å². The fourth-order valence-corrected chi connectivity index (χ4v) is 2.09. The number of nitrogens with one attached hydrogen (secondary N) is 1. The molecule has 0 heterocycles. The Kier molecular flexibility index (Phi) is 8.95. The molecule has 1 aromatic carbocycles. The van der Waals surface area contributed by atoms with Crippen LogP contribution in [0.2, 0.25) is 0 Å². The fourth-order valence-electron chi connectivity index (χ4n) is 2.09. The van der Waals surface area contributed by atoms with E-state index < -0.39 is 17.7 Å². The molecule has 2 aliphatic carbocycles. The Bertz CT molecular complexity index is 527. The van der Waals surface area contributed by atoms with E-state index in [1.165, 1.54) is 19.3 Å². The zero-order valence-corrected chi connectivity index (χ0v) is 16.4. The first kappa shape index (κ1) is 22.5. The van der Waals surface area contributed by atoms with Crippen molar-refractivity contribution in [3.8, 4) is 0 Å². The number of hydrogen-bond acceptors (Lipinski definition) is 1. The summed E-state index contributed by atoms with van der Waals surface area (Å²) in [6, 6.07) is 5.22. The minimum Gasteiger partial charge on any atom is -0.460 e. The summed E-state index contributed by atoms with van der Waals surface area (Å²) in [4.78, 5) is 3.72. The van der Waals surface area contributed by atoms with Crippen molar-refractivity contribution in [3.05, 3.63) is 36.2 Å². The van der Waals surface area contributed by atoms with Crippen LogP contribution >= 0.6 is 0 Å². The molecule has 0 bridgehead atoms. The third-order valence-corrected chi connectivity index (χ3v) is 3.76. The summed E-state index contributed by atoms with van der Waals surface area (Å²) < 4.78 is 61.9. The van der Waals surface area contributed by atoms with E-state index in [1.807, 2.05) is 0 Å². The van der Waals surface area contributed by atoms with E-state index in [1.54, 1.807) is 0 Å². The molecule has 1 aromatic rings. The van der Waals surface area contributed by atoms with Gasteiger partial charge < -0.3 is 16.7 Å². The molecule has 0 unspecified atom stereocenters. The minimum atomic E-state index is -4.41. The molecule has 3 rings (SSSR count). The molecule has 0 spiro atoms. The average Bonchev–Trinajstić information content (AvgIpc) is 2.39. The zero-order valence-electron chi connectivity index (χ0n) is 13.5. The first-order chi connectivity index (χ1) is 11.3. The van der Waals surface area contributed by atoms with Crippen LogP contribution in [0.5, 0.6) is 0 Å². The van der Waals surface area contributed by atoms with E-state index in [-0.39, 0.29) is 57.2 Å². The van der Waals surface area contributed by atoms with Crippen LogP contribution in [-0.4, -0.2) is 18.8 Å². The van der Waals surface area contributed by atoms with E-state index in [9.17, 15) is 22.0 Å². The number of halogens is 5. The van der Waals surface area contributed by atoms with Crippen LogP contribution in [0.4, 0.5) is 27.6 Å². The number of benzene rings is 1. The molecule has 1 N–H and O–H groups in total. The second kappa shape index (κ2) is 9.95. The van der Waals surface area contributed by atoms with Crippen LogP contribution in [-0.2, 0) is 38.9 Å². The summed E-state index contributed by atoms with van der Waals surface area (Å²) in [5, 5.41) is 2.63. The van der Waals surface area contributed by atoms with Crippen LogP contribution in [0.3, 0.4) is 0 Å². The molecule has 2 saturated carbocycles. The quantitative estimate of drug-likeness (QED) is 0.232. The van der Waals surface area contributed by atoms with Gasteiger partial charge in [-0.15, -0.1) is 6.42 Å². The third kappa shape index (κ3) is 8.12. The van der Waals surface area contributed by atoms with Gasteiger partial charge in [-0.05, 0) is 5.92 Å². The molecule has 0 aliphatic heterocycles. The summed E-state index contributed by atoms with van der Waals surface area (Å²) in [5.41, 5.74) is -0.620. The van der Waals surface area contributed by atoms with Crippen LogP contribution in [0.1, 0.15) is 37.7 Å². The number of nitrogens with zero attached hydrogens (tertiary/aromatic N) is 1. The maximum absolute atomic E-state index is 12.5. The monoisotopic (exact) mass is 434 g/mol. The average molecular weight is 434 g/mol. The Labute approximate surface area is 169 Å². The van der Waals surface area contributed by atoms with E-state index in [2.05, 4.69) is 29.1 Å². The smallest absolute Gasteiger partial charge is 0.460 e. The van der Waals surface area contributed by atoms with Crippen LogP contribution < -0.4 is 5.32 Å². The predicted molar refractivity (Wildman–Crippen MR) is 81.2 cm³/mol. The van der Waals surface area contributed by atoms with Crippen molar-refractivity contribution < 1.29 is 54.7 Å². The Morgan fingerprint density at radius 2 is 1.88 bits per heavy atom. The molecule has 0 aromatic heterocycles. The van der Waals surface area contributed by atoms with Crippen LogP contribution in [0, 0.1) is 18.4 Å². The standard InChI is InChI=1S/C13H11F5N2.C4H7.Y/c14-12(15)5-9(6-12)7-19-8-20-11-3-1-10(2-4-11)13(16,17)18;1-2-4-3-1;/h1-3,9H,5-7H2,(H,19,20);1H,2-4H2;/q-2;-1;+3. The van der Waals surface area contributed by atoms with E-state index in [4.69, 9.17) is 0 Å². The van der Waals surface area contributed by atoms with Gasteiger partial charge in [0.2, 0.25) is 5.92 Å². The molecule has 0 amide bonds. The van der Waals surface area contributed by atoms with Gasteiger partial charge in [-0.1, -0.05) is 11.9 Å². The molecule has 2 fully saturated rings. The van der Waals surface area contributed by atoms with Gasteiger partial charge in [-0.3, -0.25) is 6.07 Å². The Hall–Kier alpha value is -0.556. The van der Waals surface area contributed by atoms with Gasteiger partial charge in [0.25, 0.3) is 0 Å². The van der Waals surface area contributed by atoms with Gasteiger partial charge in [0, 0.05) is 19.4 Å². The normalized spacial score (nSPS) is 19.1. The molecule has 8 heteroatoms. The molecular weight excluding hydrogens is 416 g/mol. The molecular formula is C17H18F5N2Y. The van der Waals surface area contributed by atoms with Crippen LogP contribution in [0.15, 0.2) is 23.2 Å². The summed E-state index contributed by atoms with van der Waals surface area (Å²) >= 11 is 0. The van der Waals surface area contributed by atoms with Crippen molar-refractivity contribution in [3.63, 3.8) is 0 Å². The molecule has 134 valence electrons.